The van der Waals surface area contributed by atoms with Crippen molar-refractivity contribution in [3.05, 3.63) is 46.7 Å². The van der Waals surface area contributed by atoms with Crippen LogP contribution >= 0.6 is 11.3 Å². The second-order valence-electron chi connectivity index (χ2n) is 7.29. The van der Waals surface area contributed by atoms with Crippen LogP contribution in [-0.4, -0.2) is 43.0 Å². The predicted octanol–water partition coefficient (Wildman–Crippen LogP) is 4.46. The van der Waals surface area contributed by atoms with Crippen LogP contribution in [0.5, 0.6) is 0 Å². The Morgan fingerprint density at radius 1 is 0.962 bits per heavy atom. The Labute approximate surface area is 159 Å². The molecule has 4 rings (SSSR count). The summed E-state index contributed by atoms with van der Waals surface area (Å²) in [5, 5.41) is 4.89. The van der Waals surface area contributed by atoms with Crippen molar-refractivity contribution in [2.75, 3.05) is 36.4 Å². The zero-order chi connectivity index (χ0) is 17.8. The van der Waals surface area contributed by atoms with Crippen LogP contribution in [-0.2, 0) is 0 Å². The first-order valence-electron chi connectivity index (χ1n) is 9.73. The molecular formula is C21H27N3OS. The highest BCUT2D eigenvalue weighted by atomic mass is 32.1. The van der Waals surface area contributed by atoms with Crippen molar-refractivity contribution in [2.24, 2.45) is 0 Å². The molecule has 1 aliphatic heterocycles. The molecule has 1 aliphatic carbocycles. The highest BCUT2D eigenvalue weighted by Crippen LogP contribution is 2.25. The minimum atomic E-state index is -0.0335. The third kappa shape index (κ3) is 4.10. The minimum absolute atomic E-state index is 0.0335. The van der Waals surface area contributed by atoms with E-state index in [1.165, 1.54) is 62.2 Å². The SMILES string of the molecule is O=C(Nc1ccc(N2CCN(C3CCCCC3)CC2)cc1)c1cccs1. The fourth-order valence-electron chi connectivity index (χ4n) is 4.15. The molecule has 2 aromatic rings. The third-order valence-electron chi connectivity index (χ3n) is 5.64. The van der Waals surface area contributed by atoms with Gasteiger partial charge in [0.25, 0.3) is 5.91 Å². The van der Waals surface area contributed by atoms with Crippen molar-refractivity contribution >= 4 is 28.6 Å². The lowest BCUT2D eigenvalue weighted by Crippen LogP contribution is -2.50. The second kappa shape index (κ2) is 8.23. The van der Waals surface area contributed by atoms with E-state index < -0.39 is 0 Å². The van der Waals surface area contributed by atoms with Crippen LogP contribution in [0.3, 0.4) is 0 Å². The van der Waals surface area contributed by atoms with Gasteiger partial charge in [0.2, 0.25) is 0 Å². The Morgan fingerprint density at radius 2 is 1.69 bits per heavy atom. The maximum Gasteiger partial charge on any atom is 0.265 e. The van der Waals surface area contributed by atoms with Gasteiger partial charge in [-0.15, -0.1) is 11.3 Å². The molecule has 138 valence electrons. The van der Waals surface area contributed by atoms with Gasteiger partial charge >= 0.3 is 0 Å². The van der Waals surface area contributed by atoms with E-state index in [0.29, 0.717) is 0 Å². The summed E-state index contributed by atoms with van der Waals surface area (Å²) in [6, 6.07) is 12.8. The van der Waals surface area contributed by atoms with Crippen LogP contribution in [0.2, 0.25) is 0 Å². The van der Waals surface area contributed by atoms with Gasteiger partial charge in [-0.25, -0.2) is 0 Å². The first-order chi connectivity index (χ1) is 12.8. The van der Waals surface area contributed by atoms with Gasteiger partial charge in [-0.2, -0.15) is 0 Å². The van der Waals surface area contributed by atoms with Crippen molar-refractivity contribution in [1.29, 1.82) is 0 Å². The molecule has 0 bridgehead atoms. The van der Waals surface area contributed by atoms with Crippen molar-refractivity contribution in [1.82, 2.24) is 4.90 Å². The standard InChI is InChI=1S/C21H27N3OS/c25-21(20-7-4-16-26-20)22-17-8-10-19(11-9-17)24-14-12-23(13-15-24)18-5-2-1-3-6-18/h4,7-11,16,18H,1-3,5-6,12-15H2,(H,22,25). The van der Waals surface area contributed by atoms with E-state index in [4.69, 9.17) is 0 Å². The number of carbonyl (C=O) groups is 1. The highest BCUT2D eigenvalue weighted by molar-refractivity contribution is 7.12. The number of benzene rings is 1. The van der Waals surface area contributed by atoms with Crippen LogP contribution in [0.25, 0.3) is 0 Å². The van der Waals surface area contributed by atoms with Crippen molar-refractivity contribution in [2.45, 2.75) is 38.1 Å². The fourth-order valence-corrected chi connectivity index (χ4v) is 4.77. The monoisotopic (exact) mass is 369 g/mol. The molecule has 2 heterocycles. The van der Waals surface area contributed by atoms with Crippen LogP contribution < -0.4 is 10.2 Å². The van der Waals surface area contributed by atoms with Crippen LogP contribution in [0.4, 0.5) is 11.4 Å². The first kappa shape index (κ1) is 17.6. The number of amides is 1. The molecule has 26 heavy (non-hydrogen) atoms. The number of nitrogens with zero attached hydrogens (tertiary/aromatic N) is 2. The predicted molar refractivity (Wildman–Crippen MR) is 109 cm³/mol. The molecule has 1 aromatic carbocycles. The number of anilines is 2. The average Bonchev–Trinajstić information content (AvgIpc) is 3.25. The van der Waals surface area contributed by atoms with E-state index in [0.717, 1.165) is 29.7 Å². The normalized spacial score (nSPS) is 19.5. The molecule has 1 aromatic heterocycles. The number of rotatable bonds is 4. The molecule has 2 aliphatic rings. The molecule has 0 atom stereocenters. The summed E-state index contributed by atoms with van der Waals surface area (Å²) in [7, 11) is 0. The van der Waals surface area contributed by atoms with Crippen molar-refractivity contribution < 1.29 is 4.79 Å². The van der Waals surface area contributed by atoms with E-state index in [-0.39, 0.29) is 5.91 Å². The number of thiophene rings is 1. The summed E-state index contributed by atoms with van der Waals surface area (Å²) in [6.45, 7) is 4.53. The number of carbonyl (C=O) groups excluding carboxylic acids is 1. The summed E-state index contributed by atoms with van der Waals surface area (Å²) in [4.78, 5) is 18.0. The van der Waals surface area contributed by atoms with Crippen molar-refractivity contribution in [3.8, 4) is 0 Å². The summed E-state index contributed by atoms with van der Waals surface area (Å²) < 4.78 is 0. The largest absolute Gasteiger partial charge is 0.369 e. The van der Waals surface area contributed by atoms with Gasteiger partial charge in [-0.05, 0) is 48.6 Å². The van der Waals surface area contributed by atoms with E-state index >= 15 is 0 Å². The average molecular weight is 370 g/mol. The quantitative estimate of drug-likeness (QED) is 0.864. The number of hydrogen-bond acceptors (Lipinski definition) is 4. The Balaban J connectivity index is 1.31. The van der Waals surface area contributed by atoms with Gasteiger partial charge in [0.15, 0.2) is 0 Å². The van der Waals surface area contributed by atoms with Crippen LogP contribution in [0, 0.1) is 0 Å². The molecule has 2 fully saturated rings. The third-order valence-corrected chi connectivity index (χ3v) is 6.51. The van der Waals surface area contributed by atoms with E-state index in [1.54, 1.807) is 0 Å². The topological polar surface area (TPSA) is 35.6 Å². The lowest BCUT2D eigenvalue weighted by atomic mass is 9.94. The molecule has 1 saturated heterocycles. The summed E-state index contributed by atoms with van der Waals surface area (Å²) in [5.74, 6) is -0.0335. The molecule has 1 N–H and O–H groups in total. The summed E-state index contributed by atoms with van der Waals surface area (Å²) >= 11 is 1.46. The number of hydrogen-bond donors (Lipinski definition) is 1. The van der Waals surface area contributed by atoms with Gasteiger partial charge < -0.3 is 10.2 Å². The van der Waals surface area contributed by atoms with Gasteiger partial charge in [-0.3, -0.25) is 9.69 Å². The van der Waals surface area contributed by atoms with E-state index in [2.05, 4.69) is 27.2 Å². The number of nitrogens with one attached hydrogen (secondary N) is 1. The number of piperazine rings is 1. The molecule has 4 nitrogen and oxygen atoms in total. The zero-order valence-electron chi connectivity index (χ0n) is 15.2. The summed E-state index contributed by atoms with van der Waals surface area (Å²) in [6.07, 6.45) is 7.01. The lowest BCUT2D eigenvalue weighted by molar-refractivity contribution is 0.103. The Hall–Kier alpha value is -1.85. The maximum atomic E-state index is 12.1. The van der Waals surface area contributed by atoms with Crippen molar-refractivity contribution in [3.63, 3.8) is 0 Å². The maximum absolute atomic E-state index is 12.1. The molecule has 1 amide bonds. The molecule has 0 unspecified atom stereocenters. The minimum Gasteiger partial charge on any atom is -0.369 e. The molecular weight excluding hydrogens is 342 g/mol. The Morgan fingerprint density at radius 3 is 2.35 bits per heavy atom. The molecule has 0 radical (unpaired) electrons. The Kier molecular flexibility index (Phi) is 5.56. The molecule has 5 heteroatoms. The van der Waals surface area contributed by atoms with Gasteiger partial charge in [0.05, 0.1) is 4.88 Å². The fraction of sp³-hybridized carbons (Fsp3) is 0.476. The smallest absolute Gasteiger partial charge is 0.265 e. The Bertz CT molecular complexity index is 699. The highest BCUT2D eigenvalue weighted by Gasteiger charge is 2.25. The van der Waals surface area contributed by atoms with E-state index in [1.807, 2.05) is 29.6 Å². The lowest BCUT2D eigenvalue weighted by Gasteiger charge is -2.41. The second-order valence-corrected chi connectivity index (χ2v) is 8.24. The van der Waals surface area contributed by atoms with Gasteiger partial charge in [-0.1, -0.05) is 25.3 Å². The first-order valence-corrected chi connectivity index (χ1v) is 10.6. The summed E-state index contributed by atoms with van der Waals surface area (Å²) in [5.41, 5.74) is 2.11. The zero-order valence-corrected chi connectivity index (χ0v) is 16.0. The van der Waals surface area contributed by atoms with Crippen LogP contribution in [0.15, 0.2) is 41.8 Å². The van der Waals surface area contributed by atoms with Gasteiger partial charge in [0.1, 0.15) is 0 Å². The van der Waals surface area contributed by atoms with Gasteiger partial charge in [0, 0.05) is 43.6 Å². The van der Waals surface area contributed by atoms with E-state index in [9.17, 15) is 4.79 Å². The molecule has 1 saturated carbocycles. The molecule has 0 spiro atoms. The van der Waals surface area contributed by atoms with Crippen LogP contribution in [0.1, 0.15) is 41.8 Å².